The third-order valence-corrected chi connectivity index (χ3v) is 2.27. The Labute approximate surface area is 88.6 Å². The Kier molecular flexibility index (Phi) is 8.14. The lowest BCUT2D eigenvalue weighted by molar-refractivity contribution is -0.0275. The molecule has 2 N–H and O–H groups in total. The van der Waals surface area contributed by atoms with Gasteiger partial charge in [-0.1, -0.05) is 27.7 Å². The summed E-state index contributed by atoms with van der Waals surface area (Å²) in [6, 6.07) is 0. The molecule has 3 heteroatoms. The van der Waals surface area contributed by atoms with E-state index in [0.29, 0.717) is 0 Å². The van der Waals surface area contributed by atoms with Gasteiger partial charge in [0.25, 0.3) is 0 Å². The van der Waals surface area contributed by atoms with Crippen LogP contribution < -0.4 is 10.6 Å². The maximum atomic E-state index is 5.61. The third-order valence-electron chi connectivity index (χ3n) is 2.27. The molecule has 2 aliphatic rings. The number of ether oxygens (including phenoxy) is 1. The van der Waals surface area contributed by atoms with Crippen molar-refractivity contribution in [2.75, 3.05) is 26.2 Å². The zero-order valence-corrected chi connectivity index (χ0v) is 10.2. The van der Waals surface area contributed by atoms with Gasteiger partial charge in [0, 0.05) is 13.1 Å². The standard InChI is InChI=1S/C7H14N2O.2C2H6/c1-2-7(6-8-3-1)9-4-5-10-7;2*1-2/h8-9H,1-6H2;2*1-2H3. The molecule has 0 aromatic carbocycles. The number of hydrogen-bond donors (Lipinski definition) is 2. The lowest BCUT2D eigenvalue weighted by atomic mass is 10.0. The first-order valence-electron chi connectivity index (χ1n) is 6.01. The molecule has 3 nitrogen and oxygen atoms in total. The predicted octanol–water partition coefficient (Wildman–Crippen LogP) is 1.74. The summed E-state index contributed by atoms with van der Waals surface area (Å²) in [4.78, 5) is 0. The molecule has 1 unspecified atom stereocenters. The smallest absolute Gasteiger partial charge is 0.131 e. The van der Waals surface area contributed by atoms with Crippen LogP contribution in [-0.4, -0.2) is 32.0 Å². The van der Waals surface area contributed by atoms with Crippen molar-refractivity contribution in [2.45, 2.75) is 46.3 Å². The Morgan fingerprint density at radius 1 is 1.07 bits per heavy atom. The van der Waals surface area contributed by atoms with E-state index in [-0.39, 0.29) is 5.72 Å². The summed E-state index contributed by atoms with van der Waals surface area (Å²) in [7, 11) is 0. The summed E-state index contributed by atoms with van der Waals surface area (Å²) < 4.78 is 5.61. The van der Waals surface area contributed by atoms with Crippen molar-refractivity contribution >= 4 is 0 Å². The van der Waals surface area contributed by atoms with Crippen LogP contribution in [0.15, 0.2) is 0 Å². The lowest BCUT2D eigenvalue weighted by Gasteiger charge is -2.32. The molecule has 0 aromatic rings. The monoisotopic (exact) mass is 202 g/mol. The fourth-order valence-electron chi connectivity index (χ4n) is 1.73. The minimum absolute atomic E-state index is 0.0122. The molecule has 0 saturated carbocycles. The molecular formula is C11H26N2O. The topological polar surface area (TPSA) is 33.3 Å². The van der Waals surface area contributed by atoms with Gasteiger partial charge in [-0.05, 0) is 19.4 Å². The molecule has 1 spiro atoms. The summed E-state index contributed by atoms with van der Waals surface area (Å²) in [6.45, 7) is 12.0. The van der Waals surface area contributed by atoms with Crippen molar-refractivity contribution in [1.82, 2.24) is 10.6 Å². The van der Waals surface area contributed by atoms with Crippen LogP contribution in [0, 0.1) is 0 Å². The van der Waals surface area contributed by atoms with Crippen LogP contribution >= 0.6 is 0 Å². The first kappa shape index (κ1) is 13.9. The van der Waals surface area contributed by atoms with E-state index >= 15 is 0 Å². The van der Waals surface area contributed by atoms with Gasteiger partial charge in [0.2, 0.25) is 0 Å². The number of piperidine rings is 1. The van der Waals surface area contributed by atoms with E-state index in [4.69, 9.17) is 4.74 Å². The zero-order chi connectivity index (χ0) is 10.9. The third kappa shape index (κ3) is 3.95. The van der Waals surface area contributed by atoms with Crippen molar-refractivity contribution in [3.63, 3.8) is 0 Å². The van der Waals surface area contributed by atoms with E-state index in [2.05, 4.69) is 10.6 Å². The van der Waals surface area contributed by atoms with Gasteiger partial charge >= 0.3 is 0 Å². The van der Waals surface area contributed by atoms with E-state index in [1.807, 2.05) is 27.7 Å². The number of rotatable bonds is 0. The number of nitrogens with one attached hydrogen (secondary N) is 2. The first-order valence-corrected chi connectivity index (χ1v) is 6.01. The van der Waals surface area contributed by atoms with Crippen LogP contribution in [-0.2, 0) is 4.74 Å². The van der Waals surface area contributed by atoms with Crippen LogP contribution in [0.1, 0.15) is 40.5 Å². The maximum absolute atomic E-state index is 5.61. The predicted molar refractivity (Wildman–Crippen MR) is 61.5 cm³/mol. The quantitative estimate of drug-likeness (QED) is 0.628. The average Bonchev–Trinajstić information content (AvgIpc) is 2.73. The summed E-state index contributed by atoms with van der Waals surface area (Å²) in [5, 5.41) is 6.72. The Balaban J connectivity index is 0.000000379. The minimum atomic E-state index is 0.0122. The molecular weight excluding hydrogens is 176 g/mol. The SMILES string of the molecule is C1CNCC2(C1)NCCO2.CC.CC. The molecule has 0 bridgehead atoms. The van der Waals surface area contributed by atoms with Gasteiger partial charge in [0.05, 0.1) is 6.61 Å². The molecule has 14 heavy (non-hydrogen) atoms. The summed E-state index contributed by atoms with van der Waals surface area (Å²) in [5.74, 6) is 0. The van der Waals surface area contributed by atoms with Gasteiger partial charge in [-0.2, -0.15) is 0 Å². The van der Waals surface area contributed by atoms with Gasteiger partial charge < -0.3 is 10.1 Å². The Morgan fingerprint density at radius 2 is 1.79 bits per heavy atom. The van der Waals surface area contributed by atoms with E-state index in [9.17, 15) is 0 Å². The zero-order valence-electron chi connectivity index (χ0n) is 10.2. The van der Waals surface area contributed by atoms with Gasteiger partial charge in [0.15, 0.2) is 0 Å². The molecule has 2 heterocycles. The summed E-state index contributed by atoms with van der Waals surface area (Å²) in [5.41, 5.74) is 0.0122. The van der Waals surface area contributed by atoms with Crippen LogP contribution in [0.3, 0.4) is 0 Å². The van der Waals surface area contributed by atoms with Crippen molar-refractivity contribution in [3.8, 4) is 0 Å². The van der Waals surface area contributed by atoms with Crippen molar-refractivity contribution in [3.05, 3.63) is 0 Å². The summed E-state index contributed by atoms with van der Waals surface area (Å²) >= 11 is 0. The normalized spacial score (nSPS) is 30.0. The van der Waals surface area contributed by atoms with Crippen LogP contribution in [0.25, 0.3) is 0 Å². The van der Waals surface area contributed by atoms with E-state index < -0.39 is 0 Å². The highest BCUT2D eigenvalue weighted by Crippen LogP contribution is 2.20. The van der Waals surface area contributed by atoms with Crippen molar-refractivity contribution in [1.29, 1.82) is 0 Å². The maximum Gasteiger partial charge on any atom is 0.131 e. The second kappa shape index (κ2) is 8.21. The van der Waals surface area contributed by atoms with Gasteiger partial charge in [0.1, 0.15) is 5.72 Å². The molecule has 0 aromatic heterocycles. The van der Waals surface area contributed by atoms with Gasteiger partial charge in [-0.25, -0.2) is 0 Å². The molecule has 1 atom stereocenters. The second-order valence-corrected chi connectivity index (χ2v) is 3.05. The van der Waals surface area contributed by atoms with Gasteiger partial charge in [-0.15, -0.1) is 0 Å². The van der Waals surface area contributed by atoms with Gasteiger partial charge in [-0.3, -0.25) is 5.32 Å². The second-order valence-electron chi connectivity index (χ2n) is 3.05. The molecule has 2 saturated heterocycles. The van der Waals surface area contributed by atoms with E-state index in [0.717, 1.165) is 26.2 Å². The number of hydrogen-bond acceptors (Lipinski definition) is 3. The highest BCUT2D eigenvalue weighted by Gasteiger charge is 2.35. The van der Waals surface area contributed by atoms with Crippen LogP contribution in [0.4, 0.5) is 0 Å². The fraction of sp³-hybridized carbons (Fsp3) is 1.00. The molecule has 0 radical (unpaired) electrons. The first-order chi connectivity index (χ1) is 6.91. The minimum Gasteiger partial charge on any atom is -0.358 e. The average molecular weight is 202 g/mol. The van der Waals surface area contributed by atoms with Crippen LogP contribution in [0.5, 0.6) is 0 Å². The van der Waals surface area contributed by atoms with Crippen molar-refractivity contribution < 1.29 is 4.74 Å². The highest BCUT2D eigenvalue weighted by molar-refractivity contribution is 4.88. The van der Waals surface area contributed by atoms with E-state index in [1.54, 1.807) is 0 Å². The largest absolute Gasteiger partial charge is 0.358 e. The Hall–Kier alpha value is -0.120. The molecule has 2 fully saturated rings. The van der Waals surface area contributed by atoms with Crippen molar-refractivity contribution in [2.24, 2.45) is 0 Å². The fourth-order valence-corrected chi connectivity index (χ4v) is 1.73. The molecule has 2 aliphatic heterocycles. The lowest BCUT2D eigenvalue weighted by Crippen LogP contribution is -2.53. The molecule has 2 rings (SSSR count). The summed E-state index contributed by atoms with van der Waals surface area (Å²) in [6.07, 6.45) is 2.40. The van der Waals surface area contributed by atoms with E-state index in [1.165, 1.54) is 12.8 Å². The Bertz CT molecular complexity index is 114. The molecule has 0 aliphatic carbocycles. The Morgan fingerprint density at radius 3 is 2.21 bits per heavy atom. The molecule has 0 amide bonds. The molecule has 86 valence electrons. The highest BCUT2D eigenvalue weighted by atomic mass is 16.5. The van der Waals surface area contributed by atoms with Crippen LogP contribution in [0.2, 0.25) is 0 Å².